The molecule has 0 bridgehead atoms. The zero-order valence-electron chi connectivity index (χ0n) is 16.1. The Hall–Kier alpha value is -2.69. The maximum atomic E-state index is 9.67. The van der Waals surface area contributed by atoms with Gasteiger partial charge in [-0.15, -0.1) is 0 Å². The molecule has 0 aliphatic heterocycles. The van der Waals surface area contributed by atoms with Gasteiger partial charge in [-0.25, -0.2) is 4.99 Å². The third-order valence-electron chi connectivity index (χ3n) is 4.20. The molecule has 0 amide bonds. The van der Waals surface area contributed by atoms with E-state index in [-0.39, 0.29) is 5.75 Å². The quantitative estimate of drug-likeness (QED) is 0.527. The molecule has 0 aromatic heterocycles. The molecule has 0 saturated carbocycles. The second-order valence-corrected chi connectivity index (χ2v) is 6.31. The molecule has 0 spiro atoms. The topological polar surface area (TPSA) is 65.9 Å². The van der Waals surface area contributed by atoms with Crippen LogP contribution in [0.3, 0.4) is 0 Å². The number of methoxy groups -OCH3 is 1. The summed E-state index contributed by atoms with van der Waals surface area (Å²) in [6.45, 7) is 8.48. The van der Waals surface area contributed by atoms with Crippen LogP contribution in [0.1, 0.15) is 29.2 Å². The van der Waals surface area contributed by atoms with Crippen molar-refractivity contribution in [3.8, 4) is 11.5 Å². The molecule has 3 N–H and O–H groups in total. The van der Waals surface area contributed by atoms with Crippen LogP contribution in [0.4, 0.5) is 0 Å². The van der Waals surface area contributed by atoms with E-state index in [1.54, 1.807) is 13.2 Å². The molecule has 5 heteroatoms. The first kappa shape index (κ1) is 19.6. The maximum absolute atomic E-state index is 9.67. The fraction of sp³-hybridized carbons (Fsp3) is 0.381. The lowest BCUT2D eigenvalue weighted by Gasteiger charge is -2.12. The van der Waals surface area contributed by atoms with Crippen molar-refractivity contribution in [1.29, 1.82) is 0 Å². The smallest absolute Gasteiger partial charge is 0.191 e. The number of rotatable bonds is 7. The molecule has 140 valence electrons. The van der Waals surface area contributed by atoms with Crippen LogP contribution in [0, 0.1) is 13.8 Å². The van der Waals surface area contributed by atoms with E-state index in [0.29, 0.717) is 12.3 Å². The van der Waals surface area contributed by atoms with Gasteiger partial charge in [-0.05, 0) is 56.0 Å². The fourth-order valence-electron chi connectivity index (χ4n) is 2.73. The van der Waals surface area contributed by atoms with E-state index in [9.17, 15) is 5.11 Å². The number of aliphatic imine (C=N–C) groups is 1. The van der Waals surface area contributed by atoms with Crippen LogP contribution in [-0.4, -0.2) is 31.3 Å². The van der Waals surface area contributed by atoms with Crippen molar-refractivity contribution in [1.82, 2.24) is 10.6 Å². The highest BCUT2D eigenvalue weighted by Crippen LogP contribution is 2.26. The summed E-state index contributed by atoms with van der Waals surface area (Å²) in [6, 6.07) is 11.9. The molecule has 0 aliphatic rings. The Morgan fingerprint density at radius 3 is 2.62 bits per heavy atom. The van der Waals surface area contributed by atoms with Crippen molar-refractivity contribution in [2.24, 2.45) is 4.99 Å². The minimum absolute atomic E-state index is 0.160. The highest BCUT2D eigenvalue weighted by molar-refractivity contribution is 5.79. The molecule has 5 nitrogen and oxygen atoms in total. The fourth-order valence-corrected chi connectivity index (χ4v) is 2.73. The average Bonchev–Trinajstić information content (AvgIpc) is 2.62. The number of aryl methyl sites for hydroxylation is 2. The summed E-state index contributed by atoms with van der Waals surface area (Å²) >= 11 is 0. The van der Waals surface area contributed by atoms with E-state index in [1.165, 1.54) is 16.7 Å². The minimum atomic E-state index is 0.160. The number of nitrogens with zero attached hydrogens (tertiary/aromatic N) is 1. The van der Waals surface area contributed by atoms with Gasteiger partial charge in [0.25, 0.3) is 0 Å². The molecule has 0 fully saturated rings. The Labute approximate surface area is 156 Å². The Kier molecular flexibility index (Phi) is 7.33. The van der Waals surface area contributed by atoms with Gasteiger partial charge in [-0.1, -0.05) is 29.8 Å². The first-order valence-corrected chi connectivity index (χ1v) is 8.97. The summed E-state index contributed by atoms with van der Waals surface area (Å²) in [7, 11) is 1.56. The number of nitrogens with one attached hydrogen (secondary N) is 2. The van der Waals surface area contributed by atoms with E-state index >= 15 is 0 Å². The van der Waals surface area contributed by atoms with Gasteiger partial charge in [0.05, 0.1) is 13.7 Å². The number of aromatic hydroxyl groups is 1. The second-order valence-electron chi connectivity index (χ2n) is 6.31. The van der Waals surface area contributed by atoms with Crippen LogP contribution >= 0.6 is 0 Å². The van der Waals surface area contributed by atoms with E-state index < -0.39 is 0 Å². The van der Waals surface area contributed by atoms with Gasteiger partial charge in [0, 0.05) is 13.1 Å². The number of guanidine groups is 1. The maximum Gasteiger partial charge on any atom is 0.191 e. The Morgan fingerprint density at radius 1 is 1.12 bits per heavy atom. The first-order chi connectivity index (χ1) is 12.5. The monoisotopic (exact) mass is 355 g/mol. The van der Waals surface area contributed by atoms with Gasteiger partial charge >= 0.3 is 0 Å². The van der Waals surface area contributed by atoms with E-state index in [4.69, 9.17) is 4.74 Å². The molecule has 2 aromatic carbocycles. The van der Waals surface area contributed by atoms with E-state index in [2.05, 4.69) is 54.6 Å². The summed E-state index contributed by atoms with van der Waals surface area (Å²) in [5.41, 5.74) is 4.86. The van der Waals surface area contributed by atoms with Gasteiger partial charge in [0.15, 0.2) is 17.5 Å². The Morgan fingerprint density at radius 2 is 1.92 bits per heavy atom. The highest BCUT2D eigenvalue weighted by atomic mass is 16.5. The van der Waals surface area contributed by atoms with E-state index in [1.807, 2.05) is 12.1 Å². The van der Waals surface area contributed by atoms with Crippen LogP contribution in [0.25, 0.3) is 0 Å². The van der Waals surface area contributed by atoms with Crippen LogP contribution in [-0.2, 0) is 13.0 Å². The van der Waals surface area contributed by atoms with Crippen LogP contribution < -0.4 is 15.4 Å². The van der Waals surface area contributed by atoms with Crippen molar-refractivity contribution in [2.45, 2.75) is 33.7 Å². The van der Waals surface area contributed by atoms with Gasteiger partial charge in [0.2, 0.25) is 0 Å². The van der Waals surface area contributed by atoms with Crippen LogP contribution in [0.15, 0.2) is 41.4 Å². The zero-order valence-corrected chi connectivity index (χ0v) is 16.1. The normalized spacial score (nSPS) is 11.3. The molecule has 2 aromatic rings. The predicted octanol–water partition coefficient (Wildman–Crippen LogP) is 3.32. The SMILES string of the molecule is CCNC(=NCc1ccc(C)cc1C)NCCc1ccc(O)c(OC)c1. The average molecular weight is 355 g/mol. The largest absolute Gasteiger partial charge is 0.504 e. The summed E-state index contributed by atoms with van der Waals surface area (Å²) < 4.78 is 5.15. The summed E-state index contributed by atoms with van der Waals surface area (Å²) in [6.07, 6.45) is 0.810. The van der Waals surface area contributed by atoms with Crippen molar-refractivity contribution in [3.63, 3.8) is 0 Å². The molecular formula is C21H29N3O2. The summed E-state index contributed by atoms with van der Waals surface area (Å²) in [5.74, 6) is 1.46. The van der Waals surface area contributed by atoms with Crippen LogP contribution in [0.5, 0.6) is 11.5 Å². The lowest BCUT2D eigenvalue weighted by atomic mass is 10.1. The third-order valence-corrected chi connectivity index (χ3v) is 4.20. The van der Waals surface area contributed by atoms with Crippen molar-refractivity contribution >= 4 is 5.96 Å². The van der Waals surface area contributed by atoms with Gasteiger partial charge in [-0.2, -0.15) is 0 Å². The number of hydrogen-bond acceptors (Lipinski definition) is 3. The highest BCUT2D eigenvalue weighted by Gasteiger charge is 2.04. The zero-order chi connectivity index (χ0) is 18.9. The lowest BCUT2D eigenvalue weighted by molar-refractivity contribution is 0.373. The number of hydrogen-bond donors (Lipinski definition) is 3. The molecule has 0 saturated heterocycles. The molecule has 26 heavy (non-hydrogen) atoms. The van der Waals surface area contributed by atoms with Crippen molar-refractivity contribution in [2.75, 3.05) is 20.2 Å². The van der Waals surface area contributed by atoms with Gasteiger partial charge in [-0.3, -0.25) is 0 Å². The molecule has 0 radical (unpaired) electrons. The van der Waals surface area contributed by atoms with Crippen molar-refractivity contribution in [3.05, 3.63) is 58.7 Å². The standard InChI is InChI=1S/C21H29N3O2/c1-5-22-21(24-14-18-8-6-15(2)12-16(18)3)23-11-10-17-7-9-19(25)20(13-17)26-4/h6-9,12-13,25H,5,10-11,14H2,1-4H3,(H2,22,23,24). The lowest BCUT2D eigenvalue weighted by Crippen LogP contribution is -2.38. The molecule has 0 unspecified atom stereocenters. The van der Waals surface area contributed by atoms with Crippen molar-refractivity contribution < 1.29 is 9.84 Å². The second kappa shape index (κ2) is 9.70. The number of phenols is 1. The van der Waals surface area contributed by atoms with Gasteiger partial charge < -0.3 is 20.5 Å². The number of benzene rings is 2. The third kappa shape index (κ3) is 5.69. The molecular weight excluding hydrogens is 326 g/mol. The molecule has 0 heterocycles. The summed E-state index contributed by atoms with van der Waals surface area (Å²) in [5, 5.41) is 16.3. The Bertz CT molecular complexity index is 757. The van der Waals surface area contributed by atoms with Crippen LogP contribution in [0.2, 0.25) is 0 Å². The number of phenolic OH excluding ortho intramolecular Hbond substituents is 1. The molecule has 0 atom stereocenters. The Balaban J connectivity index is 1.95. The minimum Gasteiger partial charge on any atom is -0.504 e. The summed E-state index contributed by atoms with van der Waals surface area (Å²) in [4.78, 5) is 4.68. The molecule has 2 rings (SSSR count). The predicted molar refractivity (Wildman–Crippen MR) is 107 cm³/mol. The first-order valence-electron chi connectivity index (χ1n) is 8.97. The molecule has 0 aliphatic carbocycles. The number of ether oxygens (including phenoxy) is 1. The van der Waals surface area contributed by atoms with E-state index in [0.717, 1.165) is 31.0 Å². The van der Waals surface area contributed by atoms with Gasteiger partial charge in [0.1, 0.15) is 0 Å².